The van der Waals surface area contributed by atoms with Crippen molar-refractivity contribution in [1.29, 1.82) is 0 Å². The molecule has 5 nitrogen and oxygen atoms in total. The van der Waals surface area contributed by atoms with Crippen molar-refractivity contribution in [2.45, 2.75) is 13.0 Å². The van der Waals surface area contributed by atoms with E-state index in [1.54, 1.807) is 0 Å². The van der Waals surface area contributed by atoms with Crippen LogP contribution < -0.4 is 9.47 Å². The molecule has 1 aromatic rings. The number of halogens is 1. The summed E-state index contributed by atoms with van der Waals surface area (Å²) in [6.45, 7) is 1.50. The van der Waals surface area contributed by atoms with Crippen molar-refractivity contribution < 1.29 is 24.5 Å². The number of methoxy groups -OCH3 is 1. The summed E-state index contributed by atoms with van der Waals surface area (Å²) in [6, 6.07) is 2.72. The minimum absolute atomic E-state index is 0.0295. The van der Waals surface area contributed by atoms with Gasteiger partial charge in [-0.3, -0.25) is 0 Å². The minimum atomic E-state index is -1.17. The first-order chi connectivity index (χ1) is 7.95. The van der Waals surface area contributed by atoms with E-state index >= 15 is 0 Å². The lowest BCUT2D eigenvalue weighted by Crippen LogP contribution is -2.15. The van der Waals surface area contributed by atoms with Crippen LogP contribution >= 0.6 is 11.6 Å². The van der Waals surface area contributed by atoms with Crippen molar-refractivity contribution in [3.05, 3.63) is 22.7 Å². The molecule has 0 fully saturated rings. The summed E-state index contributed by atoms with van der Waals surface area (Å²) in [5.41, 5.74) is -0.102. The summed E-state index contributed by atoms with van der Waals surface area (Å²) in [7, 11) is 1.38. The molecule has 0 aliphatic carbocycles. The molecule has 0 aliphatic rings. The summed E-state index contributed by atoms with van der Waals surface area (Å²) in [5.74, 6) is -0.896. The standard InChI is InChI=1S/C11H13ClO5/c1-6(13)5-17-10-8(11(14)15)3-7(12)4-9(10)16-2/h3-4,6,13H,5H2,1-2H3,(H,14,15). The quantitative estimate of drug-likeness (QED) is 0.844. The molecule has 1 unspecified atom stereocenters. The second-order valence-corrected chi connectivity index (χ2v) is 3.89. The summed E-state index contributed by atoms with van der Waals surface area (Å²) in [6.07, 6.45) is -0.711. The van der Waals surface area contributed by atoms with Gasteiger partial charge in [-0.2, -0.15) is 0 Å². The van der Waals surface area contributed by atoms with Crippen molar-refractivity contribution in [3.63, 3.8) is 0 Å². The highest BCUT2D eigenvalue weighted by molar-refractivity contribution is 6.31. The van der Waals surface area contributed by atoms with Crippen LogP contribution in [0.4, 0.5) is 0 Å². The number of aliphatic hydroxyl groups is 1. The predicted molar refractivity (Wildman–Crippen MR) is 62.1 cm³/mol. The number of carbonyl (C=O) groups is 1. The number of carboxylic acids is 1. The summed E-state index contributed by atoms with van der Waals surface area (Å²) in [5, 5.41) is 18.4. The Hall–Kier alpha value is -1.46. The van der Waals surface area contributed by atoms with Crippen LogP contribution in [0.5, 0.6) is 11.5 Å². The van der Waals surface area contributed by atoms with Gasteiger partial charge in [-0.15, -0.1) is 0 Å². The predicted octanol–water partition coefficient (Wildman–Crippen LogP) is 1.81. The molecule has 0 spiro atoms. The normalized spacial score (nSPS) is 12.0. The van der Waals surface area contributed by atoms with E-state index in [2.05, 4.69) is 0 Å². The average Bonchev–Trinajstić information content (AvgIpc) is 2.25. The molecule has 0 aliphatic heterocycles. The molecule has 0 radical (unpaired) electrons. The lowest BCUT2D eigenvalue weighted by atomic mass is 10.2. The van der Waals surface area contributed by atoms with Gasteiger partial charge in [-0.25, -0.2) is 4.79 Å². The van der Waals surface area contributed by atoms with E-state index in [9.17, 15) is 4.79 Å². The maximum Gasteiger partial charge on any atom is 0.339 e. The average molecular weight is 261 g/mol. The van der Waals surface area contributed by atoms with E-state index in [0.717, 1.165) is 0 Å². The lowest BCUT2D eigenvalue weighted by Gasteiger charge is -2.14. The molecule has 0 saturated carbocycles. The maximum atomic E-state index is 11.0. The smallest absolute Gasteiger partial charge is 0.339 e. The molecule has 1 aromatic carbocycles. The second kappa shape index (κ2) is 5.75. The zero-order valence-corrected chi connectivity index (χ0v) is 10.2. The van der Waals surface area contributed by atoms with Crippen molar-refractivity contribution in [1.82, 2.24) is 0 Å². The van der Waals surface area contributed by atoms with Gasteiger partial charge in [0.15, 0.2) is 11.5 Å². The fraction of sp³-hybridized carbons (Fsp3) is 0.364. The Kier molecular flexibility index (Phi) is 4.60. The highest BCUT2D eigenvalue weighted by Crippen LogP contribution is 2.34. The van der Waals surface area contributed by atoms with Gasteiger partial charge in [0.2, 0.25) is 0 Å². The molecule has 0 heterocycles. The number of ether oxygens (including phenoxy) is 2. The second-order valence-electron chi connectivity index (χ2n) is 3.45. The van der Waals surface area contributed by atoms with Gasteiger partial charge in [0.1, 0.15) is 12.2 Å². The van der Waals surface area contributed by atoms with Crippen LogP contribution in [-0.4, -0.2) is 36.0 Å². The van der Waals surface area contributed by atoms with E-state index in [4.69, 9.17) is 31.3 Å². The SMILES string of the molecule is COc1cc(Cl)cc(C(=O)O)c1OCC(C)O. The van der Waals surface area contributed by atoms with Gasteiger partial charge in [0.05, 0.1) is 13.2 Å². The third-order valence-corrected chi connectivity index (χ3v) is 2.16. The summed E-state index contributed by atoms with van der Waals surface area (Å²) >= 11 is 5.76. The topological polar surface area (TPSA) is 76.0 Å². The number of aliphatic hydroxyl groups excluding tert-OH is 1. The fourth-order valence-corrected chi connectivity index (χ4v) is 1.44. The van der Waals surface area contributed by atoms with Gasteiger partial charge in [-0.1, -0.05) is 11.6 Å². The number of carboxylic acid groups (broad SMARTS) is 1. The Morgan fingerprint density at radius 1 is 1.53 bits per heavy atom. The number of benzene rings is 1. The van der Waals surface area contributed by atoms with E-state index < -0.39 is 12.1 Å². The van der Waals surface area contributed by atoms with Crippen LogP contribution in [0.2, 0.25) is 5.02 Å². The molecule has 0 aromatic heterocycles. The van der Waals surface area contributed by atoms with Crippen molar-refractivity contribution >= 4 is 17.6 Å². The van der Waals surface area contributed by atoms with Crippen LogP contribution in [0.25, 0.3) is 0 Å². The van der Waals surface area contributed by atoms with Crippen molar-refractivity contribution in [2.75, 3.05) is 13.7 Å². The highest BCUT2D eigenvalue weighted by Gasteiger charge is 2.18. The molecular weight excluding hydrogens is 248 g/mol. The van der Waals surface area contributed by atoms with E-state index in [0.29, 0.717) is 0 Å². The Balaban J connectivity index is 3.17. The first kappa shape index (κ1) is 13.6. The first-order valence-electron chi connectivity index (χ1n) is 4.87. The Morgan fingerprint density at radius 3 is 2.65 bits per heavy atom. The third-order valence-electron chi connectivity index (χ3n) is 1.94. The molecule has 0 saturated heterocycles. The molecular formula is C11H13ClO5. The van der Waals surface area contributed by atoms with Crippen LogP contribution in [0, 0.1) is 0 Å². The zero-order valence-electron chi connectivity index (χ0n) is 9.44. The summed E-state index contributed by atoms with van der Waals surface area (Å²) < 4.78 is 10.2. The Morgan fingerprint density at radius 2 is 2.18 bits per heavy atom. The Bertz CT molecular complexity index is 417. The monoisotopic (exact) mass is 260 g/mol. The molecule has 2 N–H and O–H groups in total. The molecule has 0 amide bonds. The van der Waals surface area contributed by atoms with Crippen LogP contribution in [-0.2, 0) is 0 Å². The summed E-state index contributed by atoms with van der Waals surface area (Å²) in [4.78, 5) is 11.0. The molecule has 6 heteroatoms. The lowest BCUT2D eigenvalue weighted by molar-refractivity contribution is 0.0684. The van der Waals surface area contributed by atoms with Crippen LogP contribution in [0.1, 0.15) is 17.3 Å². The fourth-order valence-electron chi connectivity index (χ4n) is 1.23. The van der Waals surface area contributed by atoms with E-state index in [1.807, 2.05) is 0 Å². The van der Waals surface area contributed by atoms with Crippen LogP contribution in [0.15, 0.2) is 12.1 Å². The van der Waals surface area contributed by atoms with Crippen LogP contribution in [0.3, 0.4) is 0 Å². The third kappa shape index (κ3) is 3.51. The van der Waals surface area contributed by atoms with E-state index in [1.165, 1.54) is 26.2 Å². The Labute approximate surface area is 104 Å². The van der Waals surface area contributed by atoms with Gasteiger partial charge in [-0.05, 0) is 13.0 Å². The number of hydrogen-bond donors (Lipinski definition) is 2. The molecule has 94 valence electrons. The molecule has 0 bridgehead atoms. The number of hydrogen-bond acceptors (Lipinski definition) is 4. The minimum Gasteiger partial charge on any atom is -0.493 e. The first-order valence-corrected chi connectivity index (χ1v) is 5.25. The maximum absolute atomic E-state index is 11.0. The number of aromatic carboxylic acids is 1. The largest absolute Gasteiger partial charge is 0.493 e. The van der Waals surface area contributed by atoms with Crippen molar-refractivity contribution in [2.24, 2.45) is 0 Å². The molecule has 17 heavy (non-hydrogen) atoms. The van der Waals surface area contributed by atoms with Gasteiger partial charge in [0, 0.05) is 11.1 Å². The van der Waals surface area contributed by atoms with Gasteiger partial charge >= 0.3 is 5.97 Å². The number of rotatable bonds is 5. The van der Waals surface area contributed by atoms with Gasteiger partial charge in [0.25, 0.3) is 0 Å². The molecule has 1 rings (SSSR count). The molecule has 1 atom stereocenters. The highest BCUT2D eigenvalue weighted by atomic mass is 35.5. The van der Waals surface area contributed by atoms with Crippen molar-refractivity contribution in [3.8, 4) is 11.5 Å². The van der Waals surface area contributed by atoms with E-state index in [-0.39, 0.29) is 28.7 Å². The zero-order chi connectivity index (χ0) is 13.0. The van der Waals surface area contributed by atoms with Gasteiger partial charge < -0.3 is 19.7 Å².